The molecule has 0 heterocycles. The smallest absolute Gasteiger partial charge is 0.335 e. The highest BCUT2D eigenvalue weighted by Gasteiger charge is 2.20. The maximum atomic E-state index is 12.1. The number of ether oxygens (including phenoxy) is 1. The molecule has 1 atom stereocenters. The first-order valence-electron chi connectivity index (χ1n) is 6.41. The Kier molecular flexibility index (Phi) is 6.13. The van der Waals surface area contributed by atoms with Crippen LogP contribution in [0, 0.1) is 0 Å². The number of hydrogen-bond donors (Lipinski definition) is 3. The molecule has 1 unspecified atom stereocenters. The van der Waals surface area contributed by atoms with Gasteiger partial charge < -0.3 is 14.9 Å². The third-order valence-electron chi connectivity index (χ3n) is 2.94. The van der Waals surface area contributed by atoms with E-state index in [0.717, 1.165) is 6.07 Å². The van der Waals surface area contributed by atoms with Gasteiger partial charge >= 0.3 is 5.97 Å². The minimum absolute atomic E-state index is 0.0431. The zero-order valence-electron chi connectivity index (χ0n) is 11.9. The lowest BCUT2D eigenvalue weighted by Crippen LogP contribution is -2.27. The van der Waals surface area contributed by atoms with Gasteiger partial charge in [0.05, 0.1) is 18.8 Å². The molecular formula is C13H19NO6S. The van der Waals surface area contributed by atoms with Crippen molar-refractivity contribution in [3.63, 3.8) is 0 Å². The largest absolute Gasteiger partial charge is 0.495 e. The van der Waals surface area contributed by atoms with Crippen molar-refractivity contribution in [2.24, 2.45) is 0 Å². The highest BCUT2D eigenvalue weighted by molar-refractivity contribution is 7.89. The molecule has 0 aromatic heterocycles. The number of carboxylic acid groups (broad SMARTS) is 1. The lowest BCUT2D eigenvalue weighted by atomic mass is 10.2. The monoisotopic (exact) mass is 317 g/mol. The Labute approximate surface area is 123 Å². The van der Waals surface area contributed by atoms with Crippen LogP contribution in [0.4, 0.5) is 0 Å². The van der Waals surface area contributed by atoms with E-state index in [2.05, 4.69) is 4.72 Å². The first-order chi connectivity index (χ1) is 9.81. The molecule has 0 saturated heterocycles. The van der Waals surface area contributed by atoms with Crippen molar-refractivity contribution >= 4 is 16.0 Å². The van der Waals surface area contributed by atoms with E-state index in [1.54, 1.807) is 6.92 Å². The van der Waals surface area contributed by atoms with Gasteiger partial charge in [0.15, 0.2) is 0 Å². The maximum absolute atomic E-state index is 12.1. The minimum atomic E-state index is -3.83. The van der Waals surface area contributed by atoms with E-state index in [4.69, 9.17) is 9.84 Å². The van der Waals surface area contributed by atoms with Crippen molar-refractivity contribution in [3.05, 3.63) is 23.8 Å². The summed E-state index contributed by atoms with van der Waals surface area (Å²) in [6.07, 6.45) is 0.271. The molecular weight excluding hydrogens is 298 g/mol. The van der Waals surface area contributed by atoms with Crippen LogP contribution in [-0.2, 0) is 10.0 Å². The fourth-order valence-electron chi connectivity index (χ4n) is 1.66. The topological polar surface area (TPSA) is 113 Å². The van der Waals surface area contributed by atoms with Crippen molar-refractivity contribution in [1.82, 2.24) is 4.72 Å². The van der Waals surface area contributed by atoms with Gasteiger partial charge in [-0.15, -0.1) is 0 Å². The van der Waals surface area contributed by atoms with E-state index in [9.17, 15) is 18.3 Å². The molecule has 8 heteroatoms. The Morgan fingerprint density at radius 2 is 2.10 bits per heavy atom. The van der Waals surface area contributed by atoms with Crippen LogP contribution in [0.15, 0.2) is 23.1 Å². The predicted octanol–water partition coefficient (Wildman–Crippen LogP) is 0.833. The van der Waals surface area contributed by atoms with Crippen LogP contribution in [0.25, 0.3) is 0 Å². The lowest BCUT2D eigenvalue weighted by Gasteiger charge is -2.12. The maximum Gasteiger partial charge on any atom is 0.335 e. The molecule has 1 aromatic carbocycles. The summed E-state index contributed by atoms with van der Waals surface area (Å²) in [5.41, 5.74) is -0.0628. The Morgan fingerprint density at radius 3 is 2.62 bits per heavy atom. The van der Waals surface area contributed by atoms with Crippen molar-refractivity contribution in [3.8, 4) is 5.75 Å². The molecule has 3 N–H and O–H groups in total. The number of carboxylic acids is 1. The van der Waals surface area contributed by atoms with Crippen molar-refractivity contribution in [2.75, 3.05) is 13.7 Å². The van der Waals surface area contributed by atoms with Crippen molar-refractivity contribution < 1.29 is 28.2 Å². The standard InChI is InChI=1S/C13H19NO6S/c1-3-10(15)6-7-14-21(18,19)12-5-4-9(13(16)17)8-11(12)20-2/h4-5,8,10,14-15H,3,6-7H2,1-2H3,(H,16,17). The van der Waals surface area contributed by atoms with E-state index < -0.39 is 22.1 Å². The minimum Gasteiger partial charge on any atom is -0.495 e. The van der Waals surface area contributed by atoms with Gasteiger partial charge in [0.2, 0.25) is 10.0 Å². The lowest BCUT2D eigenvalue weighted by molar-refractivity contribution is 0.0696. The van der Waals surface area contributed by atoms with Crippen LogP contribution in [0.3, 0.4) is 0 Å². The second-order valence-electron chi connectivity index (χ2n) is 4.42. The van der Waals surface area contributed by atoms with Crippen LogP contribution in [0.5, 0.6) is 5.75 Å². The van der Waals surface area contributed by atoms with Gasteiger partial charge in [-0.2, -0.15) is 0 Å². The van der Waals surface area contributed by atoms with Gasteiger partial charge in [0.1, 0.15) is 10.6 Å². The molecule has 0 aliphatic carbocycles. The normalized spacial score (nSPS) is 12.9. The quantitative estimate of drug-likeness (QED) is 0.654. The average molecular weight is 317 g/mol. The molecule has 0 amide bonds. The van der Waals surface area contributed by atoms with Crippen LogP contribution >= 0.6 is 0 Å². The Hall–Kier alpha value is -1.64. The number of hydrogen-bond acceptors (Lipinski definition) is 5. The summed E-state index contributed by atoms with van der Waals surface area (Å²) in [7, 11) is -2.56. The fourth-order valence-corrected chi connectivity index (χ4v) is 2.86. The first-order valence-corrected chi connectivity index (χ1v) is 7.89. The zero-order chi connectivity index (χ0) is 16.0. The first kappa shape index (κ1) is 17.4. The van der Waals surface area contributed by atoms with E-state index in [0.29, 0.717) is 12.8 Å². The summed E-state index contributed by atoms with van der Waals surface area (Å²) in [5, 5.41) is 18.3. The van der Waals surface area contributed by atoms with E-state index in [1.165, 1.54) is 19.2 Å². The van der Waals surface area contributed by atoms with E-state index in [-0.39, 0.29) is 22.8 Å². The van der Waals surface area contributed by atoms with Crippen molar-refractivity contribution in [2.45, 2.75) is 30.8 Å². The molecule has 21 heavy (non-hydrogen) atoms. The zero-order valence-corrected chi connectivity index (χ0v) is 12.7. The number of aliphatic hydroxyl groups is 1. The molecule has 0 spiro atoms. The van der Waals surface area contributed by atoms with Crippen LogP contribution in [0.2, 0.25) is 0 Å². The second kappa shape index (κ2) is 7.39. The Morgan fingerprint density at radius 1 is 1.43 bits per heavy atom. The summed E-state index contributed by atoms with van der Waals surface area (Å²) in [6, 6.07) is 3.53. The number of carbonyl (C=O) groups is 1. The molecule has 0 saturated carbocycles. The van der Waals surface area contributed by atoms with Gasteiger partial charge in [0.25, 0.3) is 0 Å². The molecule has 7 nitrogen and oxygen atoms in total. The third kappa shape index (κ3) is 4.69. The van der Waals surface area contributed by atoms with E-state index in [1.807, 2.05) is 0 Å². The molecule has 1 rings (SSSR count). The van der Waals surface area contributed by atoms with Crippen LogP contribution in [0.1, 0.15) is 30.1 Å². The van der Waals surface area contributed by atoms with Crippen molar-refractivity contribution in [1.29, 1.82) is 0 Å². The molecule has 0 aliphatic rings. The Bertz CT molecular complexity index is 599. The summed E-state index contributed by atoms with van der Waals surface area (Å²) < 4.78 is 31.6. The van der Waals surface area contributed by atoms with Gasteiger partial charge in [-0.1, -0.05) is 6.92 Å². The number of rotatable bonds is 8. The molecule has 0 aliphatic heterocycles. The van der Waals surface area contributed by atoms with Crippen LogP contribution < -0.4 is 9.46 Å². The summed E-state index contributed by atoms with van der Waals surface area (Å²) in [5.74, 6) is -1.21. The number of aromatic carboxylic acids is 1. The predicted molar refractivity (Wildman–Crippen MR) is 76.1 cm³/mol. The van der Waals surface area contributed by atoms with Gasteiger partial charge in [0, 0.05) is 6.54 Å². The fraction of sp³-hybridized carbons (Fsp3) is 0.462. The molecule has 0 radical (unpaired) electrons. The van der Waals surface area contributed by atoms with Gasteiger partial charge in [-0.3, -0.25) is 0 Å². The Balaban J connectivity index is 2.95. The van der Waals surface area contributed by atoms with Gasteiger partial charge in [-0.25, -0.2) is 17.9 Å². The molecule has 0 fully saturated rings. The average Bonchev–Trinajstić information content (AvgIpc) is 2.45. The summed E-state index contributed by atoms with van der Waals surface area (Å²) in [6.45, 7) is 1.88. The number of nitrogens with one attached hydrogen (secondary N) is 1. The molecule has 1 aromatic rings. The SMILES string of the molecule is CCC(O)CCNS(=O)(=O)c1ccc(C(=O)O)cc1OC. The highest BCUT2D eigenvalue weighted by Crippen LogP contribution is 2.24. The summed E-state index contributed by atoms with van der Waals surface area (Å²) >= 11 is 0. The number of aliphatic hydroxyl groups excluding tert-OH is 1. The molecule has 0 bridgehead atoms. The number of methoxy groups -OCH3 is 1. The van der Waals surface area contributed by atoms with E-state index >= 15 is 0 Å². The highest BCUT2D eigenvalue weighted by atomic mass is 32.2. The number of benzene rings is 1. The summed E-state index contributed by atoms with van der Waals surface area (Å²) in [4.78, 5) is 10.7. The second-order valence-corrected chi connectivity index (χ2v) is 6.15. The van der Waals surface area contributed by atoms with Crippen LogP contribution in [-0.4, -0.2) is 44.4 Å². The molecule has 118 valence electrons. The van der Waals surface area contributed by atoms with Gasteiger partial charge in [-0.05, 0) is 31.0 Å². The third-order valence-corrected chi connectivity index (χ3v) is 4.44. The number of sulfonamides is 1.